The molecule has 0 radical (unpaired) electrons. The highest BCUT2D eigenvalue weighted by molar-refractivity contribution is 5.93. The van der Waals surface area contributed by atoms with Crippen LogP contribution in [0.5, 0.6) is 0 Å². The highest BCUT2D eigenvalue weighted by atomic mass is 16.2. The number of carbonyl (C=O) groups is 1. The maximum atomic E-state index is 13.4. The molecule has 3 heterocycles. The summed E-state index contributed by atoms with van der Waals surface area (Å²) in [5.41, 5.74) is 2.91. The second kappa shape index (κ2) is 8.54. The molecule has 0 N–H and O–H groups in total. The Bertz CT molecular complexity index is 1340. The highest BCUT2D eigenvalue weighted by Crippen LogP contribution is 2.28. The summed E-state index contributed by atoms with van der Waals surface area (Å²) in [5.74, 6) is 0.612. The average molecular weight is 443 g/mol. The van der Waals surface area contributed by atoms with Crippen LogP contribution in [-0.4, -0.2) is 48.0 Å². The zero-order chi connectivity index (χ0) is 22.9. The Morgan fingerprint density at radius 1 is 0.939 bits per heavy atom. The van der Waals surface area contributed by atoms with Gasteiger partial charge in [0.1, 0.15) is 11.5 Å². The van der Waals surface area contributed by atoms with Crippen molar-refractivity contribution in [3.63, 3.8) is 0 Å². The van der Waals surface area contributed by atoms with Gasteiger partial charge in [-0.05, 0) is 31.0 Å². The van der Waals surface area contributed by atoms with Gasteiger partial charge in [0.2, 0.25) is 0 Å². The zero-order valence-corrected chi connectivity index (χ0v) is 18.8. The molecule has 2 aromatic heterocycles. The van der Waals surface area contributed by atoms with Crippen molar-refractivity contribution in [3.05, 3.63) is 88.7 Å². The first-order chi connectivity index (χ1) is 16.0. The quantitative estimate of drug-likeness (QED) is 0.487. The molecular weight excluding hydrogens is 416 g/mol. The lowest BCUT2D eigenvalue weighted by molar-refractivity contribution is 0.0692. The number of likely N-dealkylation sites (tertiary alicyclic amines) is 1. The Labute approximate surface area is 191 Å². The molecule has 33 heavy (non-hydrogen) atoms. The van der Waals surface area contributed by atoms with Crippen molar-refractivity contribution in [2.24, 2.45) is 14.1 Å². The van der Waals surface area contributed by atoms with E-state index in [0.717, 1.165) is 29.8 Å². The predicted molar refractivity (Wildman–Crippen MR) is 125 cm³/mol. The fraction of sp³-hybridized carbons (Fsp3) is 0.280. The van der Waals surface area contributed by atoms with Gasteiger partial charge in [-0.1, -0.05) is 48.5 Å². The first-order valence-electron chi connectivity index (χ1n) is 11.1. The van der Waals surface area contributed by atoms with Crippen LogP contribution in [-0.2, 0) is 14.1 Å². The summed E-state index contributed by atoms with van der Waals surface area (Å²) in [6.07, 6.45) is 1.72. The molecule has 168 valence electrons. The third-order valence-electron chi connectivity index (χ3n) is 6.21. The lowest BCUT2D eigenvalue weighted by atomic mass is 9.96. The van der Waals surface area contributed by atoms with Gasteiger partial charge >= 0.3 is 5.69 Å². The number of nitrogens with zero attached hydrogens (tertiary/aromatic N) is 6. The minimum absolute atomic E-state index is 0.0290. The summed E-state index contributed by atoms with van der Waals surface area (Å²) in [5, 5.41) is 9.10. The van der Waals surface area contributed by atoms with Crippen LogP contribution in [0.1, 0.15) is 35.1 Å². The van der Waals surface area contributed by atoms with Gasteiger partial charge in [-0.15, -0.1) is 0 Å². The normalized spacial score (nSPS) is 16.2. The maximum Gasteiger partial charge on any atom is 0.350 e. The Morgan fingerprint density at radius 3 is 2.36 bits per heavy atom. The van der Waals surface area contributed by atoms with Crippen LogP contribution in [0.2, 0.25) is 0 Å². The molecule has 2 aromatic carbocycles. The average Bonchev–Trinajstić information content (AvgIpc) is 3.39. The standard InChI is InChI=1S/C25H26N6O2/c1-28-22(16-21(26-28)18-10-5-3-6-11-18)24(32)30-15-9-12-19(17-30)23-27-29(2)25(33)31(23)20-13-7-4-8-14-20/h3-8,10-11,13-14,16,19H,9,12,15,17H2,1-2H3. The van der Waals surface area contributed by atoms with E-state index in [0.29, 0.717) is 24.6 Å². The van der Waals surface area contributed by atoms with Crippen LogP contribution in [0.4, 0.5) is 0 Å². The van der Waals surface area contributed by atoms with E-state index in [1.165, 1.54) is 4.68 Å². The van der Waals surface area contributed by atoms with Gasteiger partial charge in [0.25, 0.3) is 5.91 Å². The number of hydrogen-bond acceptors (Lipinski definition) is 4. The third-order valence-corrected chi connectivity index (χ3v) is 6.21. The van der Waals surface area contributed by atoms with Crippen molar-refractivity contribution in [2.75, 3.05) is 13.1 Å². The molecule has 1 fully saturated rings. The molecule has 1 aliphatic rings. The summed E-state index contributed by atoms with van der Waals surface area (Å²) in [7, 11) is 3.46. The molecule has 0 spiro atoms. The molecule has 1 atom stereocenters. The molecular formula is C25H26N6O2. The summed E-state index contributed by atoms with van der Waals surface area (Å²) in [4.78, 5) is 28.1. The summed E-state index contributed by atoms with van der Waals surface area (Å²) in [6, 6.07) is 21.2. The Balaban J connectivity index is 1.43. The Kier molecular flexibility index (Phi) is 5.42. The van der Waals surface area contributed by atoms with Crippen molar-refractivity contribution in [1.29, 1.82) is 0 Å². The van der Waals surface area contributed by atoms with E-state index >= 15 is 0 Å². The molecule has 8 nitrogen and oxygen atoms in total. The summed E-state index contributed by atoms with van der Waals surface area (Å²) < 4.78 is 4.68. The molecule has 1 amide bonds. The van der Waals surface area contributed by atoms with Gasteiger partial charge in [0, 0.05) is 38.7 Å². The van der Waals surface area contributed by atoms with E-state index in [4.69, 9.17) is 0 Å². The molecule has 1 unspecified atom stereocenters. The fourth-order valence-electron chi connectivity index (χ4n) is 4.52. The van der Waals surface area contributed by atoms with Crippen LogP contribution < -0.4 is 5.69 Å². The second-order valence-corrected chi connectivity index (χ2v) is 8.43. The molecule has 5 rings (SSSR count). The lowest BCUT2D eigenvalue weighted by Gasteiger charge is -2.32. The molecule has 8 heteroatoms. The first kappa shape index (κ1) is 20.9. The number of aryl methyl sites for hydroxylation is 2. The Morgan fingerprint density at radius 2 is 1.64 bits per heavy atom. The highest BCUT2D eigenvalue weighted by Gasteiger charge is 2.31. The van der Waals surface area contributed by atoms with Crippen LogP contribution in [0, 0.1) is 0 Å². The lowest BCUT2D eigenvalue weighted by Crippen LogP contribution is -2.40. The second-order valence-electron chi connectivity index (χ2n) is 8.43. The molecule has 1 aliphatic heterocycles. The number of aromatic nitrogens is 5. The topological polar surface area (TPSA) is 78.0 Å². The molecule has 1 saturated heterocycles. The van der Waals surface area contributed by atoms with Crippen molar-refractivity contribution in [3.8, 4) is 16.9 Å². The summed E-state index contributed by atoms with van der Waals surface area (Å²) >= 11 is 0. The number of hydrogen-bond donors (Lipinski definition) is 0. The monoisotopic (exact) mass is 442 g/mol. The molecule has 0 aliphatic carbocycles. The largest absolute Gasteiger partial charge is 0.350 e. The van der Waals surface area contributed by atoms with Crippen molar-refractivity contribution in [1.82, 2.24) is 29.0 Å². The number of carbonyl (C=O) groups excluding carboxylic acids is 1. The van der Waals surface area contributed by atoms with E-state index in [9.17, 15) is 9.59 Å². The number of para-hydroxylation sites is 1. The fourth-order valence-corrected chi connectivity index (χ4v) is 4.52. The van der Waals surface area contributed by atoms with E-state index in [-0.39, 0.29) is 17.5 Å². The zero-order valence-electron chi connectivity index (χ0n) is 18.8. The number of rotatable bonds is 4. The van der Waals surface area contributed by atoms with Gasteiger partial charge in [-0.3, -0.25) is 9.48 Å². The number of benzene rings is 2. The first-order valence-corrected chi connectivity index (χ1v) is 11.1. The minimum Gasteiger partial charge on any atom is -0.337 e. The SMILES string of the molecule is Cn1nc(-c2ccccc2)cc1C(=O)N1CCCC(c2nn(C)c(=O)n2-c2ccccc2)C1. The van der Waals surface area contributed by atoms with Crippen molar-refractivity contribution < 1.29 is 4.79 Å². The summed E-state index contributed by atoms with van der Waals surface area (Å²) in [6.45, 7) is 1.18. The minimum atomic E-state index is -0.182. The number of amides is 1. The van der Waals surface area contributed by atoms with Crippen LogP contribution in [0.15, 0.2) is 71.5 Å². The smallest absolute Gasteiger partial charge is 0.337 e. The maximum absolute atomic E-state index is 13.4. The molecule has 4 aromatic rings. The predicted octanol–water partition coefficient (Wildman–Crippen LogP) is 2.99. The van der Waals surface area contributed by atoms with Crippen molar-refractivity contribution >= 4 is 5.91 Å². The van der Waals surface area contributed by atoms with Gasteiger partial charge < -0.3 is 4.90 Å². The van der Waals surface area contributed by atoms with E-state index < -0.39 is 0 Å². The third kappa shape index (κ3) is 3.88. The van der Waals surface area contributed by atoms with Gasteiger partial charge in [-0.25, -0.2) is 14.0 Å². The van der Waals surface area contributed by atoms with Gasteiger partial charge in [-0.2, -0.15) is 10.2 Å². The number of piperidine rings is 1. The van der Waals surface area contributed by atoms with Crippen LogP contribution in [0.3, 0.4) is 0 Å². The van der Waals surface area contributed by atoms with Crippen LogP contribution in [0.25, 0.3) is 16.9 Å². The Hall–Kier alpha value is -3.94. The van der Waals surface area contributed by atoms with Crippen LogP contribution >= 0.6 is 0 Å². The van der Waals surface area contributed by atoms with Crippen molar-refractivity contribution in [2.45, 2.75) is 18.8 Å². The van der Waals surface area contributed by atoms with E-state index in [1.54, 1.807) is 23.3 Å². The molecule has 0 saturated carbocycles. The van der Waals surface area contributed by atoms with E-state index in [2.05, 4.69) is 10.2 Å². The van der Waals surface area contributed by atoms with Gasteiger partial charge in [0.15, 0.2) is 0 Å². The van der Waals surface area contributed by atoms with Gasteiger partial charge in [0.05, 0.1) is 11.4 Å². The molecule has 0 bridgehead atoms. The van der Waals surface area contributed by atoms with E-state index in [1.807, 2.05) is 71.6 Å².